The van der Waals surface area contributed by atoms with Gasteiger partial charge in [-0.25, -0.2) is 13.4 Å². The van der Waals surface area contributed by atoms with Gasteiger partial charge in [0, 0.05) is 22.2 Å². The number of amides is 2. The molecule has 5 rings (SSSR count). The summed E-state index contributed by atoms with van der Waals surface area (Å²) in [7, 11) is -2.60. The number of ether oxygens (including phenoxy) is 2. The zero-order valence-electron chi connectivity index (χ0n) is 24.0. The van der Waals surface area contributed by atoms with E-state index in [1.165, 1.54) is 48.8 Å². The molecule has 44 heavy (non-hydrogen) atoms. The summed E-state index contributed by atoms with van der Waals surface area (Å²) in [6.07, 6.45) is 2.41. The molecule has 4 aromatic rings. The van der Waals surface area contributed by atoms with Crippen molar-refractivity contribution in [3.05, 3.63) is 88.9 Å². The molecule has 1 aliphatic rings. The predicted molar refractivity (Wildman–Crippen MR) is 165 cm³/mol. The summed E-state index contributed by atoms with van der Waals surface area (Å²) in [6, 6.07) is 17.3. The van der Waals surface area contributed by atoms with E-state index in [0.29, 0.717) is 18.9 Å². The topological polar surface area (TPSA) is 153 Å². The van der Waals surface area contributed by atoms with E-state index < -0.39 is 21.7 Å². The number of anilines is 1. The molecule has 3 aromatic carbocycles. The fraction of sp³-hybridized carbons (Fsp3) is 0.226. The van der Waals surface area contributed by atoms with Gasteiger partial charge in [0.15, 0.2) is 0 Å². The molecular formula is C31H30N4O7S2. The molecule has 0 fully saturated rings. The summed E-state index contributed by atoms with van der Waals surface area (Å²) in [5.74, 6) is -0.571. The third-order valence-corrected chi connectivity index (χ3v) is 9.79. The minimum absolute atomic E-state index is 0.0502. The molecule has 0 bridgehead atoms. The van der Waals surface area contributed by atoms with Crippen LogP contribution in [0.1, 0.15) is 38.9 Å². The number of sulfone groups is 1. The van der Waals surface area contributed by atoms with Gasteiger partial charge in [0.2, 0.25) is 9.84 Å². The molecule has 0 spiro atoms. The number of rotatable bonds is 11. The van der Waals surface area contributed by atoms with Crippen molar-refractivity contribution in [1.82, 2.24) is 15.6 Å². The lowest BCUT2D eigenvalue weighted by Crippen LogP contribution is -2.35. The normalized spacial score (nSPS) is 13.9. The quantitative estimate of drug-likeness (QED) is 0.164. The van der Waals surface area contributed by atoms with Gasteiger partial charge in [0.25, 0.3) is 11.8 Å². The Balaban J connectivity index is 1.15. The molecule has 13 heteroatoms. The molecular weight excluding hydrogens is 604 g/mol. The number of methoxy groups -OCH3 is 1. The second kappa shape index (κ2) is 13.4. The maximum Gasteiger partial charge on any atom is 0.322 e. The van der Waals surface area contributed by atoms with Crippen LogP contribution in [0, 0.1) is 0 Å². The standard InChI is InChI=1S/C31H30N4O7S2/c1-19(31(38)41-2)32-14-5-15-42-22-11-8-20(9-12-22)30-34-18-23(43-30)17-33-28(36)21-10-13-27-25(16-21)35-29(37)24-6-3-4-7-26(24)44(27,39)40/h3-4,6-13,16,18-19,32H,5,14-15,17H2,1-2H3,(H,33,36)(H,35,37)/t19-/m0/s1. The lowest BCUT2D eigenvalue weighted by molar-refractivity contribution is -0.142. The van der Waals surface area contributed by atoms with Crippen LogP contribution in [0.5, 0.6) is 5.75 Å². The van der Waals surface area contributed by atoms with Crippen LogP contribution in [0.15, 0.2) is 82.7 Å². The fourth-order valence-corrected chi connectivity index (χ4v) is 6.98. The Labute approximate surface area is 258 Å². The second-order valence-corrected chi connectivity index (χ2v) is 12.9. The minimum atomic E-state index is -3.95. The van der Waals surface area contributed by atoms with E-state index in [9.17, 15) is 22.8 Å². The van der Waals surface area contributed by atoms with Crippen LogP contribution in [0.2, 0.25) is 0 Å². The zero-order chi connectivity index (χ0) is 31.3. The number of aromatic nitrogens is 1. The minimum Gasteiger partial charge on any atom is -0.494 e. The van der Waals surface area contributed by atoms with E-state index in [2.05, 4.69) is 25.7 Å². The molecule has 228 valence electrons. The first-order valence-corrected chi connectivity index (χ1v) is 16.0. The van der Waals surface area contributed by atoms with Crippen LogP contribution < -0.4 is 20.7 Å². The average molecular weight is 635 g/mol. The third kappa shape index (κ3) is 6.80. The number of carbonyl (C=O) groups excluding carboxylic acids is 3. The van der Waals surface area contributed by atoms with Crippen molar-refractivity contribution in [2.75, 3.05) is 25.6 Å². The molecule has 1 aromatic heterocycles. The summed E-state index contributed by atoms with van der Waals surface area (Å²) in [4.78, 5) is 42.2. The van der Waals surface area contributed by atoms with E-state index >= 15 is 0 Å². The van der Waals surface area contributed by atoms with Gasteiger partial charge in [-0.05, 0) is 74.5 Å². The summed E-state index contributed by atoms with van der Waals surface area (Å²) in [5.41, 5.74) is 1.21. The summed E-state index contributed by atoms with van der Waals surface area (Å²) in [5, 5.41) is 9.30. The highest BCUT2D eigenvalue weighted by Crippen LogP contribution is 2.34. The van der Waals surface area contributed by atoms with Crippen molar-refractivity contribution in [3.63, 3.8) is 0 Å². The Hall–Kier alpha value is -4.59. The summed E-state index contributed by atoms with van der Waals surface area (Å²) in [6.45, 7) is 3.07. The Morgan fingerprint density at radius 3 is 2.59 bits per heavy atom. The molecule has 0 saturated heterocycles. The Morgan fingerprint density at radius 1 is 1.05 bits per heavy atom. The number of nitrogens with one attached hydrogen (secondary N) is 3. The number of hydrogen-bond acceptors (Lipinski definition) is 10. The Bertz CT molecular complexity index is 1800. The number of thiazole rings is 1. The first kappa shape index (κ1) is 30.9. The molecule has 0 radical (unpaired) electrons. The molecule has 0 saturated carbocycles. The van der Waals surface area contributed by atoms with Crippen molar-refractivity contribution in [2.24, 2.45) is 0 Å². The van der Waals surface area contributed by atoms with Gasteiger partial charge in [-0.3, -0.25) is 14.4 Å². The maximum absolute atomic E-state index is 13.2. The van der Waals surface area contributed by atoms with Crippen LogP contribution in [0.3, 0.4) is 0 Å². The molecule has 0 unspecified atom stereocenters. The van der Waals surface area contributed by atoms with Gasteiger partial charge in [-0.1, -0.05) is 12.1 Å². The van der Waals surface area contributed by atoms with Crippen molar-refractivity contribution >= 4 is 44.6 Å². The van der Waals surface area contributed by atoms with Crippen molar-refractivity contribution in [1.29, 1.82) is 0 Å². The Kier molecular flexibility index (Phi) is 9.37. The highest BCUT2D eigenvalue weighted by molar-refractivity contribution is 7.91. The lowest BCUT2D eigenvalue weighted by atomic mass is 10.1. The van der Waals surface area contributed by atoms with Crippen molar-refractivity contribution < 1.29 is 32.3 Å². The number of hydrogen-bond donors (Lipinski definition) is 3. The SMILES string of the molecule is COC(=O)[C@H](C)NCCCOc1ccc(-c2ncc(CNC(=O)c3ccc4c(c3)NC(=O)c3ccccc3S4(=O)=O)s2)cc1. The van der Waals surface area contributed by atoms with Gasteiger partial charge in [-0.2, -0.15) is 0 Å². The van der Waals surface area contributed by atoms with Crippen LogP contribution in [-0.2, 0) is 25.9 Å². The largest absolute Gasteiger partial charge is 0.494 e. The molecule has 3 N–H and O–H groups in total. The second-order valence-electron chi connectivity index (χ2n) is 9.90. The van der Waals surface area contributed by atoms with Gasteiger partial charge < -0.3 is 25.4 Å². The Morgan fingerprint density at radius 2 is 1.82 bits per heavy atom. The number of benzene rings is 3. The molecule has 1 aliphatic heterocycles. The summed E-state index contributed by atoms with van der Waals surface area (Å²) < 4.78 is 36.8. The monoisotopic (exact) mass is 634 g/mol. The van der Waals surface area contributed by atoms with Crippen LogP contribution in [-0.4, -0.2) is 57.5 Å². The first-order chi connectivity index (χ1) is 21.2. The number of esters is 1. The fourth-order valence-electron chi connectivity index (χ4n) is 4.53. The highest BCUT2D eigenvalue weighted by atomic mass is 32.2. The molecule has 1 atom stereocenters. The van der Waals surface area contributed by atoms with Crippen LogP contribution >= 0.6 is 11.3 Å². The smallest absolute Gasteiger partial charge is 0.322 e. The molecule has 0 aliphatic carbocycles. The summed E-state index contributed by atoms with van der Waals surface area (Å²) >= 11 is 1.43. The first-order valence-electron chi connectivity index (χ1n) is 13.7. The zero-order valence-corrected chi connectivity index (χ0v) is 25.6. The molecule has 11 nitrogen and oxygen atoms in total. The van der Waals surface area contributed by atoms with Gasteiger partial charge in [0.1, 0.15) is 16.8 Å². The van der Waals surface area contributed by atoms with Crippen molar-refractivity contribution in [2.45, 2.75) is 35.7 Å². The van der Waals surface area contributed by atoms with Crippen LogP contribution in [0.4, 0.5) is 5.69 Å². The number of carbonyl (C=O) groups is 3. The van der Waals surface area contributed by atoms with E-state index in [-0.39, 0.29) is 45.2 Å². The average Bonchev–Trinajstić information content (AvgIpc) is 3.49. The molecule has 2 heterocycles. The lowest BCUT2D eigenvalue weighted by Gasteiger charge is -2.11. The number of nitrogens with zero attached hydrogens (tertiary/aromatic N) is 1. The van der Waals surface area contributed by atoms with E-state index in [1.807, 2.05) is 24.3 Å². The highest BCUT2D eigenvalue weighted by Gasteiger charge is 2.31. The number of fused-ring (bicyclic) bond motifs is 2. The molecule has 2 amide bonds. The van der Waals surface area contributed by atoms with Gasteiger partial charge >= 0.3 is 5.97 Å². The van der Waals surface area contributed by atoms with E-state index in [1.54, 1.807) is 25.3 Å². The van der Waals surface area contributed by atoms with E-state index in [4.69, 9.17) is 4.74 Å². The van der Waals surface area contributed by atoms with Crippen LogP contribution in [0.25, 0.3) is 10.6 Å². The van der Waals surface area contributed by atoms with Crippen molar-refractivity contribution in [3.8, 4) is 16.3 Å². The van der Waals surface area contributed by atoms with E-state index in [0.717, 1.165) is 21.9 Å². The predicted octanol–water partition coefficient (Wildman–Crippen LogP) is 4.06. The van der Waals surface area contributed by atoms with Gasteiger partial charge in [-0.15, -0.1) is 11.3 Å². The third-order valence-electron chi connectivity index (χ3n) is 6.87. The van der Waals surface area contributed by atoms with Gasteiger partial charge in [0.05, 0.1) is 41.3 Å². The maximum atomic E-state index is 13.2.